The summed E-state index contributed by atoms with van der Waals surface area (Å²) in [5.41, 5.74) is 11.6. The molecule has 0 saturated heterocycles. The lowest BCUT2D eigenvalue weighted by molar-refractivity contribution is -0.0252. The first-order valence-electron chi connectivity index (χ1n) is 6.03. The van der Waals surface area contributed by atoms with Crippen molar-refractivity contribution >= 4 is 0 Å². The first kappa shape index (κ1) is 14.9. The average Bonchev–Trinajstić information content (AvgIpc) is 2.15. The molecule has 0 aliphatic rings. The van der Waals surface area contributed by atoms with Crippen LogP contribution < -0.4 is 11.5 Å². The van der Waals surface area contributed by atoms with Gasteiger partial charge in [0.2, 0.25) is 0 Å². The quantitative estimate of drug-likeness (QED) is 0.612. The van der Waals surface area contributed by atoms with Crippen LogP contribution in [-0.2, 0) is 4.74 Å². The van der Waals surface area contributed by atoms with Gasteiger partial charge in [0.1, 0.15) is 5.72 Å². The molecule has 0 spiro atoms. The number of methoxy groups -OCH3 is 1. The van der Waals surface area contributed by atoms with Crippen molar-refractivity contribution in [3.05, 3.63) is 0 Å². The third-order valence-electron chi connectivity index (χ3n) is 2.80. The van der Waals surface area contributed by atoms with Crippen LogP contribution in [0.25, 0.3) is 0 Å². The van der Waals surface area contributed by atoms with Gasteiger partial charge in [-0.3, -0.25) is 0 Å². The van der Waals surface area contributed by atoms with E-state index in [1.807, 2.05) is 0 Å². The minimum atomic E-state index is -0.523. The zero-order valence-electron chi connectivity index (χ0n) is 10.8. The largest absolute Gasteiger partial charge is 0.364 e. The molecule has 0 bridgehead atoms. The first-order valence-corrected chi connectivity index (χ1v) is 6.03. The van der Waals surface area contributed by atoms with Gasteiger partial charge in [-0.25, -0.2) is 0 Å². The van der Waals surface area contributed by atoms with Gasteiger partial charge in [0.15, 0.2) is 0 Å². The fourth-order valence-electron chi connectivity index (χ4n) is 1.80. The van der Waals surface area contributed by atoms with E-state index in [1.165, 1.54) is 0 Å². The molecule has 0 rings (SSSR count). The summed E-state index contributed by atoms with van der Waals surface area (Å²) in [6, 6.07) is 0.156. The minimum absolute atomic E-state index is 0.156. The number of rotatable bonds is 8. The van der Waals surface area contributed by atoms with Gasteiger partial charge in [-0.15, -0.1) is 0 Å². The van der Waals surface area contributed by atoms with Gasteiger partial charge in [0.25, 0.3) is 0 Å². The second-order valence-corrected chi connectivity index (χ2v) is 4.95. The van der Waals surface area contributed by atoms with E-state index in [9.17, 15) is 0 Å². The molecule has 0 aromatic heterocycles. The predicted molar refractivity (Wildman–Crippen MR) is 65.5 cm³/mol. The molecule has 0 fully saturated rings. The van der Waals surface area contributed by atoms with E-state index in [-0.39, 0.29) is 6.04 Å². The molecule has 3 heteroatoms. The van der Waals surface area contributed by atoms with Crippen LogP contribution in [0.4, 0.5) is 0 Å². The Morgan fingerprint density at radius 3 is 2.27 bits per heavy atom. The fourth-order valence-corrected chi connectivity index (χ4v) is 1.80. The molecule has 2 atom stereocenters. The number of ether oxygens (including phenoxy) is 1. The van der Waals surface area contributed by atoms with Crippen molar-refractivity contribution in [1.82, 2.24) is 0 Å². The predicted octanol–water partition coefficient (Wildman–Crippen LogP) is 2.24. The highest BCUT2D eigenvalue weighted by atomic mass is 16.5. The van der Waals surface area contributed by atoms with Gasteiger partial charge in [-0.2, -0.15) is 0 Å². The SMILES string of the molecule is CCCC(N)(CC(N)CCC(C)C)OC. The van der Waals surface area contributed by atoms with Crippen LogP contribution in [-0.4, -0.2) is 18.9 Å². The van der Waals surface area contributed by atoms with Gasteiger partial charge in [0.05, 0.1) is 0 Å². The standard InChI is InChI=1S/C12H28N2O/c1-5-8-12(14,15-4)9-11(13)7-6-10(2)3/h10-11H,5-9,13-14H2,1-4H3. The Balaban J connectivity index is 3.94. The Hall–Kier alpha value is -0.120. The Morgan fingerprint density at radius 1 is 1.27 bits per heavy atom. The van der Waals surface area contributed by atoms with Crippen molar-refractivity contribution in [1.29, 1.82) is 0 Å². The monoisotopic (exact) mass is 216 g/mol. The zero-order chi connectivity index (χ0) is 11.9. The lowest BCUT2D eigenvalue weighted by atomic mass is 9.94. The van der Waals surface area contributed by atoms with Gasteiger partial charge in [0, 0.05) is 19.6 Å². The van der Waals surface area contributed by atoms with Crippen molar-refractivity contribution < 1.29 is 4.74 Å². The van der Waals surface area contributed by atoms with E-state index in [1.54, 1.807) is 7.11 Å². The second-order valence-electron chi connectivity index (χ2n) is 4.95. The van der Waals surface area contributed by atoms with E-state index < -0.39 is 5.72 Å². The van der Waals surface area contributed by atoms with E-state index in [0.29, 0.717) is 5.92 Å². The van der Waals surface area contributed by atoms with Gasteiger partial charge < -0.3 is 16.2 Å². The summed E-state index contributed by atoms with van der Waals surface area (Å²) in [5.74, 6) is 0.706. The van der Waals surface area contributed by atoms with Crippen LogP contribution in [0, 0.1) is 5.92 Å². The molecule has 0 aliphatic carbocycles. The summed E-state index contributed by atoms with van der Waals surface area (Å²) < 4.78 is 5.35. The van der Waals surface area contributed by atoms with Gasteiger partial charge >= 0.3 is 0 Å². The van der Waals surface area contributed by atoms with Crippen molar-refractivity contribution in [2.24, 2.45) is 17.4 Å². The molecule has 0 heterocycles. The Labute approximate surface area is 94.5 Å². The van der Waals surface area contributed by atoms with E-state index in [4.69, 9.17) is 16.2 Å². The number of hydrogen-bond donors (Lipinski definition) is 2. The second kappa shape index (κ2) is 7.20. The molecule has 92 valence electrons. The zero-order valence-corrected chi connectivity index (χ0v) is 10.8. The fraction of sp³-hybridized carbons (Fsp3) is 1.00. The summed E-state index contributed by atoms with van der Waals surface area (Å²) in [5, 5.41) is 0. The maximum Gasteiger partial charge on any atom is 0.117 e. The topological polar surface area (TPSA) is 61.3 Å². The van der Waals surface area contributed by atoms with Crippen molar-refractivity contribution in [3.63, 3.8) is 0 Å². The summed E-state index contributed by atoms with van der Waals surface area (Å²) in [6.45, 7) is 6.54. The van der Waals surface area contributed by atoms with Crippen molar-refractivity contribution in [3.8, 4) is 0 Å². The number of nitrogens with two attached hydrogens (primary N) is 2. The summed E-state index contributed by atoms with van der Waals surface area (Å²) in [7, 11) is 1.67. The summed E-state index contributed by atoms with van der Waals surface area (Å²) in [6.07, 6.45) is 4.85. The summed E-state index contributed by atoms with van der Waals surface area (Å²) in [4.78, 5) is 0. The highest BCUT2D eigenvalue weighted by molar-refractivity contribution is 4.79. The van der Waals surface area contributed by atoms with Crippen LogP contribution in [0.15, 0.2) is 0 Å². The highest BCUT2D eigenvalue weighted by Gasteiger charge is 2.25. The lowest BCUT2D eigenvalue weighted by Gasteiger charge is -2.30. The molecule has 3 nitrogen and oxygen atoms in total. The Morgan fingerprint density at radius 2 is 1.87 bits per heavy atom. The summed E-state index contributed by atoms with van der Waals surface area (Å²) >= 11 is 0. The maximum absolute atomic E-state index is 6.11. The lowest BCUT2D eigenvalue weighted by Crippen LogP contribution is -2.46. The van der Waals surface area contributed by atoms with Crippen molar-refractivity contribution in [2.45, 2.75) is 64.6 Å². The third kappa shape index (κ3) is 6.88. The van der Waals surface area contributed by atoms with E-state index in [2.05, 4.69) is 20.8 Å². The van der Waals surface area contributed by atoms with Crippen LogP contribution in [0.5, 0.6) is 0 Å². The van der Waals surface area contributed by atoms with Crippen LogP contribution in [0.2, 0.25) is 0 Å². The Kier molecular flexibility index (Phi) is 7.14. The van der Waals surface area contributed by atoms with Gasteiger partial charge in [-0.05, 0) is 25.2 Å². The van der Waals surface area contributed by atoms with Gasteiger partial charge in [-0.1, -0.05) is 27.2 Å². The first-order chi connectivity index (χ1) is 6.93. The van der Waals surface area contributed by atoms with Crippen LogP contribution >= 0.6 is 0 Å². The molecule has 4 N–H and O–H groups in total. The van der Waals surface area contributed by atoms with E-state index in [0.717, 1.165) is 32.1 Å². The average molecular weight is 216 g/mol. The number of hydrogen-bond acceptors (Lipinski definition) is 3. The maximum atomic E-state index is 6.11. The molecule has 0 radical (unpaired) electrons. The van der Waals surface area contributed by atoms with Crippen LogP contribution in [0.1, 0.15) is 52.9 Å². The normalized spacial score (nSPS) is 17.8. The molecular weight excluding hydrogens is 188 g/mol. The smallest absolute Gasteiger partial charge is 0.117 e. The van der Waals surface area contributed by atoms with E-state index >= 15 is 0 Å². The molecule has 2 unspecified atom stereocenters. The molecule has 0 saturated carbocycles. The van der Waals surface area contributed by atoms with Crippen LogP contribution in [0.3, 0.4) is 0 Å². The molecule has 0 aromatic rings. The minimum Gasteiger partial charge on any atom is -0.364 e. The molecule has 0 amide bonds. The van der Waals surface area contributed by atoms with Crippen molar-refractivity contribution in [2.75, 3.05) is 7.11 Å². The Bertz CT molecular complexity index is 162. The molecule has 0 aliphatic heterocycles. The molecule has 0 aromatic carbocycles. The molecular formula is C12H28N2O. The molecule has 15 heavy (non-hydrogen) atoms. The third-order valence-corrected chi connectivity index (χ3v) is 2.80. The highest BCUT2D eigenvalue weighted by Crippen LogP contribution is 2.19.